The summed E-state index contributed by atoms with van der Waals surface area (Å²) >= 11 is 0. The number of aromatic nitrogens is 1. The number of primary sulfonamides is 1. The topological polar surface area (TPSA) is 157 Å². The number of nitrogens with one attached hydrogen (secondary N) is 1. The summed E-state index contributed by atoms with van der Waals surface area (Å²) in [5, 5.41) is 10.3. The van der Waals surface area contributed by atoms with Gasteiger partial charge in [0.15, 0.2) is 0 Å². The van der Waals surface area contributed by atoms with Crippen molar-refractivity contribution in [1.29, 1.82) is 0 Å². The Bertz CT molecular complexity index is 1770. The Kier molecular flexibility index (Phi) is 8.46. The highest BCUT2D eigenvalue weighted by Gasteiger charge is 2.34. The number of hydrogen-bond donors (Lipinski definition) is 4. The van der Waals surface area contributed by atoms with E-state index in [9.17, 15) is 13.2 Å². The predicted molar refractivity (Wildman–Crippen MR) is 177 cm³/mol. The molecule has 9 nitrogen and oxygen atoms in total. The molecule has 4 aromatic rings. The highest BCUT2D eigenvalue weighted by Crippen LogP contribution is 2.40. The van der Waals surface area contributed by atoms with Crippen molar-refractivity contribution in [3.05, 3.63) is 72.9 Å². The molecule has 230 valence electrons. The van der Waals surface area contributed by atoms with Crippen LogP contribution in [0.15, 0.2) is 77.8 Å². The van der Waals surface area contributed by atoms with Crippen LogP contribution in [0.1, 0.15) is 51.4 Å². The largest absolute Gasteiger partial charge is 0.397 e. The van der Waals surface area contributed by atoms with Crippen LogP contribution < -0.4 is 26.8 Å². The first-order valence-corrected chi connectivity index (χ1v) is 17.0. The van der Waals surface area contributed by atoms with Crippen LogP contribution in [0, 0.1) is 11.8 Å². The Morgan fingerprint density at radius 1 is 0.864 bits per heavy atom. The van der Waals surface area contributed by atoms with Crippen molar-refractivity contribution >= 4 is 49.6 Å². The number of pyridine rings is 1. The molecular formula is C34H40N6O3S. The number of amides is 1. The molecular weight excluding hydrogens is 572 g/mol. The average Bonchev–Trinajstić information content (AvgIpc) is 3.25. The molecule has 1 aliphatic carbocycles. The van der Waals surface area contributed by atoms with E-state index in [4.69, 9.17) is 16.6 Å². The molecule has 44 heavy (non-hydrogen) atoms. The van der Waals surface area contributed by atoms with Gasteiger partial charge in [0.2, 0.25) is 15.9 Å². The molecule has 2 atom stereocenters. The van der Waals surface area contributed by atoms with E-state index in [2.05, 4.69) is 15.2 Å². The van der Waals surface area contributed by atoms with Gasteiger partial charge in [-0.3, -0.25) is 4.79 Å². The summed E-state index contributed by atoms with van der Waals surface area (Å²) in [4.78, 5) is 20.5. The van der Waals surface area contributed by atoms with E-state index in [0.29, 0.717) is 46.6 Å². The highest BCUT2D eigenvalue weighted by molar-refractivity contribution is 7.89. The molecule has 0 bridgehead atoms. The maximum atomic E-state index is 14.0. The van der Waals surface area contributed by atoms with Gasteiger partial charge < -0.3 is 21.7 Å². The molecule has 2 fully saturated rings. The number of nitrogen functional groups attached to an aromatic ring is 2. The van der Waals surface area contributed by atoms with Gasteiger partial charge in [-0.25, -0.2) is 18.5 Å². The van der Waals surface area contributed by atoms with E-state index in [1.165, 1.54) is 38.2 Å². The van der Waals surface area contributed by atoms with Gasteiger partial charge in [-0.2, -0.15) is 0 Å². The van der Waals surface area contributed by atoms with E-state index >= 15 is 0 Å². The van der Waals surface area contributed by atoms with Crippen molar-refractivity contribution in [2.75, 3.05) is 28.2 Å². The molecule has 1 aromatic heterocycles. The number of fused-ring (bicyclic) bond motifs is 1. The summed E-state index contributed by atoms with van der Waals surface area (Å²) in [6.45, 7) is 0.721. The van der Waals surface area contributed by atoms with Gasteiger partial charge in [0.25, 0.3) is 0 Å². The van der Waals surface area contributed by atoms with Crippen molar-refractivity contribution in [3.63, 3.8) is 0 Å². The van der Waals surface area contributed by atoms with Crippen LogP contribution in [-0.2, 0) is 14.8 Å². The molecule has 2 unspecified atom stereocenters. The van der Waals surface area contributed by atoms with E-state index in [1.54, 1.807) is 48.7 Å². The van der Waals surface area contributed by atoms with Crippen LogP contribution in [-0.4, -0.2) is 31.9 Å². The fourth-order valence-electron chi connectivity index (χ4n) is 7.18. The lowest BCUT2D eigenvalue weighted by molar-refractivity contribution is -0.117. The summed E-state index contributed by atoms with van der Waals surface area (Å²) < 4.78 is 24.3. The summed E-state index contributed by atoms with van der Waals surface area (Å²) in [6.07, 6.45) is 10.8. The smallest absolute Gasteiger partial charge is 0.247 e. The third-order valence-electron chi connectivity index (χ3n) is 9.46. The average molecular weight is 613 g/mol. The lowest BCUT2D eigenvalue weighted by atomic mass is 9.77. The zero-order valence-electron chi connectivity index (χ0n) is 24.8. The maximum absolute atomic E-state index is 14.0. The predicted octanol–water partition coefficient (Wildman–Crippen LogP) is 5.91. The third-order valence-corrected chi connectivity index (χ3v) is 10.4. The zero-order valence-corrected chi connectivity index (χ0v) is 25.6. The Balaban J connectivity index is 1.29. The maximum Gasteiger partial charge on any atom is 0.247 e. The molecule has 10 heteroatoms. The summed E-state index contributed by atoms with van der Waals surface area (Å²) in [6, 6.07) is 19.1. The van der Waals surface area contributed by atoms with E-state index in [-0.39, 0.29) is 10.8 Å². The molecule has 1 saturated heterocycles. The fraction of sp³-hybridized carbons (Fsp3) is 0.353. The van der Waals surface area contributed by atoms with E-state index in [1.807, 2.05) is 18.2 Å². The second-order valence-corrected chi connectivity index (χ2v) is 13.7. The van der Waals surface area contributed by atoms with Crippen molar-refractivity contribution in [3.8, 4) is 11.1 Å². The van der Waals surface area contributed by atoms with Gasteiger partial charge in [-0.15, -0.1) is 0 Å². The van der Waals surface area contributed by atoms with Gasteiger partial charge >= 0.3 is 0 Å². The number of nitrogens with zero attached hydrogens (tertiary/aromatic N) is 2. The SMILES string of the molecule is Nc1cc2ccnc(N)c2cc1N1CCC(C2CCCCC2)CCC1C(=O)Nc1ccc(-c2ccccc2S(N)(=O)=O)cc1. The molecule has 0 spiro atoms. The molecule has 3 aromatic carbocycles. The van der Waals surface area contributed by atoms with Crippen LogP contribution >= 0.6 is 0 Å². The number of nitrogens with two attached hydrogens (primary N) is 3. The lowest BCUT2D eigenvalue weighted by Gasteiger charge is -2.32. The Morgan fingerprint density at radius 3 is 2.34 bits per heavy atom. The van der Waals surface area contributed by atoms with E-state index in [0.717, 1.165) is 35.8 Å². The molecule has 2 aliphatic rings. The number of hydrogen-bond acceptors (Lipinski definition) is 7. The number of carbonyl (C=O) groups excluding carboxylic acids is 1. The standard InChI is InChI=1S/C34H40N6O3S/c35-29-20-25-16-18-38-33(36)28(25)21-31(29)40-19-17-23(22-6-2-1-3-7-22)12-15-30(40)34(41)39-26-13-10-24(11-14-26)27-8-4-5-9-32(27)44(37,42)43/h4-5,8-11,13-14,16,18,20-23,30H,1-3,6-7,12,15,17,19,35H2,(H2,36,38)(H,39,41)(H2,37,42,43). The lowest BCUT2D eigenvalue weighted by Crippen LogP contribution is -2.44. The second-order valence-electron chi connectivity index (χ2n) is 12.2. The summed E-state index contributed by atoms with van der Waals surface area (Å²) in [7, 11) is -3.89. The summed E-state index contributed by atoms with van der Waals surface area (Å²) in [5.41, 5.74) is 16.1. The van der Waals surface area contributed by atoms with Gasteiger partial charge in [0.05, 0.1) is 16.3 Å². The number of sulfonamides is 1. The minimum Gasteiger partial charge on any atom is -0.397 e. The van der Waals surface area contributed by atoms with Crippen LogP contribution in [0.5, 0.6) is 0 Å². The first-order chi connectivity index (χ1) is 21.2. The molecule has 7 N–H and O–H groups in total. The van der Waals surface area contributed by atoms with Crippen LogP contribution in [0.3, 0.4) is 0 Å². The third kappa shape index (κ3) is 6.23. The Morgan fingerprint density at radius 2 is 1.59 bits per heavy atom. The van der Waals surface area contributed by atoms with Crippen molar-refractivity contribution in [2.45, 2.75) is 62.3 Å². The number of carbonyl (C=O) groups is 1. The molecule has 6 rings (SSSR count). The first-order valence-electron chi connectivity index (χ1n) is 15.4. The number of rotatable bonds is 6. The Labute approximate surface area is 258 Å². The fourth-order valence-corrected chi connectivity index (χ4v) is 7.94. The second kappa shape index (κ2) is 12.5. The first kappa shape index (κ1) is 29.9. The number of anilines is 4. The van der Waals surface area contributed by atoms with Crippen LogP contribution in [0.25, 0.3) is 21.9 Å². The van der Waals surface area contributed by atoms with Crippen LogP contribution in [0.4, 0.5) is 22.9 Å². The van der Waals surface area contributed by atoms with Gasteiger partial charge in [0.1, 0.15) is 11.9 Å². The van der Waals surface area contributed by atoms with Crippen molar-refractivity contribution < 1.29 is 13.2 Å². The summed E-state index contributed by atoms with van der Waals surface area (Å²) in [5.74, 6) is 1.60. The highest BCUT2D eigenvalue weighted by atomic mass is 32.2. The number of benzene rings is 3. The molecule has 1 amide bonds. The van der Waals surface area contributed by atoms with Crippen molar-refractivity contribution in [1.82, 2.24) is 4.98 Å². The van der Waals surface area contributed by atoms with Crippen molar-refractivity contribution in [2.24, 2.45) is 17.0 Å². The minimum atomic E-state index is -3.89. The van der Waals surface area contributed by atoms with Crippen LogP contribution in [0.2, 0.25) is 0 Å². The zero-order chi connectivity index (χ0) is 30.8. The van der Waals surface area contributed by atoms with Gasteiger partial charge in [0, 0.05) is 29.4 Å². The quantitative estimate of drug-likeness (QED) is 0.197. The van der Waals surface area contributed by atoms with Gasteiger partial charge in [-0.05, 0) is 78.4 Å². The molecule has 1 aliphatic heterocycles. The normalized spacial score (nSPS) is 19.9. The van der Waals surface area contributed by atoms with Gasteiger partial charge in [-0.1, -0.05) is 62.4 Å². The van der Waals surface area contributed by atoms with E-state index < -0.39 is 16.1 Å². The molecule has 1 saturated carbocycles. The molecule has 2 heterocycles. The monoisotopic (exact) mass is 612 g/mol. The molecule has 0 radical (unpaired) electrons. The minimum absolute atomic E-state index is 0.0576. The Hall–Kier alpha value is -4.15.